The van der Waals surface area contributed by atoms with Gasteiger partial charge in [-0.2, -0.15) is 0 Å². The summed E-state index contributed by atoms with van der Waals surface area (Å²) in [4.78, 5) is 33.7. The van der Waals surface area contributed by atoms with Crippen molar-refractivity contribution in [2.24, 2.45) is 5.73 Å². The molecule has 3 atom stereocenters. The number of esters is 1. The van der Waals surface area contributed by atoms with Gasteiger partial charge in [-0.05, 0) is 24.0 Å². The van der Waals surface area contributed by atoms with E-state index in [0.717, 1.165) is 38.4 Å². The van der Waals surface area contributed by atoms with Crippen LogP contribution in [0.15, 0.2) is 22.1 Å². The van der Waals surface area contributed by atoms with Crippen LogP contribution in [0, 0.1) is 0 Å². The Kier molecular flexibility index (Phi) is 3.81. The minimum Gasteiger partial charge on any atom is -0.458 e. The number of carbonyl (C=O) groups is 2. The quantitative estimate of drug-likeness (QED) is 0.605. The maximum absolute atomic E-state index is 13.5. The third-order valence-electron chi connectivity index (χ3n) is 7.52. The number of ether oxygens (including phenoxy) is 3. The van der Waals surface area contributed by atoms with Crippen molar-refractivity contribution in [1.82, 2.24) is 9.88 Å². The van der Waals surface area contributed by atoms with Gasteiger partial charge in [-0.3, -0.25) is 9.78 Å². The Morgan fingerprint density at radius 3 is 3.00 bits per heavy atom. The van der Waals surface area contributed by atoms with Crippen LogP contribution in [0.1, 0.15) is 48.7 Å². The van der Waals surface area contributed by atoms with Gasteiger partial charge in [-0.1, -0.05) is 6.92 Å². The molecule has 0 radical (unpaired) electrons. The van der Waals surface area contributed by atoms with E-state index in [1.165, 1.54) is 0 Å². The number of hydrogen-bond acceptors (Lipinski definition) is 9. The summed E-state index contributed by atoms with van der Waals surface area (Å²) in [5.41, 5.74) is 9.16. The topological polar surface area (TPSA) is 124 Å². The van der Waals surface area contributed by atoms with Crippen molar-refractivity contribution < 1.29 is 28.9 Å². The molecule has 5 aliphatic heterocycles. The van der Waals surface area contributed by atoms with Crippen LogP contribution in [0.3, 0.4) is 0 Å². The molecule has 170 valence electrons. The third-order valence-corrected chi connectivity index (χ3v) is 8.72. The molecular weight excluding hydrogens is 446 g/mol. The Balaban J connectivity index is 1.44. The van der Waals surface area contributed by atoms with Gasteiger partial charge in [-0.15, -0.1) is 11.8 Å². The average Bonchev–Trinajstić information content (AvgIpc) is 3.43. The Hall–Kier alpha value is -2.82. The number of amides is 1. The number of carbonyl (C=O) groups excluding carboxylic acids is 2. The molecule has 10 heteroatoms. The van der Waals surface area contributed by atoms with Gasteiger partial charge in [0.25, 0.3) is 5.91 Å². The molecule has 1 aromatic carbocycles. The number of fused-ring (bicyclic) bond motifs is 6. The summed E-state index contributed by atoms with van der Waals surface area (Å²) in [6, 6.07) is 1.30. The van der Waals surface area contributed by atoms with E-state index in [4.69, 9.17) is 24.9 Å². The molecule has 7 rings (SSSR count). The van der Waals surface area contributed by atoms with Gasteiger partial charge < -0.3 is 30.0 Å². The molecule has 0 bridgehead atoms. The molecule has 0 spiro atoms. The zero-order valence-corrected chi connectivity index (χ0v) is 18.7. The lowest BCUT2D eigenvalue weighted by Gasteiger charge is -2.41. The van der Waals surface area contributed by atoms with Gasteiger partial charge in [0, 0.05) is 35.4 Å². The van der Waals surface area contributed by atoms with Crippen molar-refractivity contribution >= 4 is 34.5 Å². The highest BCUT2D eigenvalue weighted by Crippen LogP contribution is 2.54. The molecule has 0 fully saturated rings. The Labute approximate surface area is 192 Å². The second-order valence-electron chi connectivity index (χ2n) is 9.04. The number of aliphatic hydroxyl groups is 1. The molecule has 9 nitrogen and oxygen atoms in total. The van der Waals surface area contributed by atoms with Crippen molar-refractivity contribution in [3.63, 3.8) is 0 Å². The predicted molar refractivity (Wildman–Crippen MR) is 117 cm³/mol. The molecule has 6 heterocycles. The first-order valence-electron chi connectivity index (χ1n) is 11.0. The average molecular weight is 468 g/mol. The molecule has 1 amide bonds. The molecule has 33 heavy (non-hydrogen) atoms. The molecule has 5 aliphatic rings. The molecule has 1 aromatic heterocycles. The lowest BCUT2D eigenvalue weighted by Crippen LogP contribution is -2.51. The second kappa shape index (κ2) is 6.40. The van der Waals surface area contributed by atoms with Crippen molar-refractivity contribution in [3.8, 4) is 11.5 Å². The SMILES string of the molecule is CC[C@@]1(O)C(=O)OCC2=C1CC1c3nc4cc5c(c6c4c(c3CN1C2=O)[C@H](N)CS6)OCO5. The summed E-state index contributed by atoms with van der Waals surface area (Å²) >= 11 is 1.64. The number of benzene rings is 1. The molecule has 0 saturated carbocycles. The van der Waals surface area contributed by atoms with Crippen LogP contribution in [-0.2, 0) is 20.9 Å². The Morgan fingerprint density at radius 1 is 1.33 bits per heavy atom. The highest BCUT2D eigenvalue weighted by Gasteiger charge is 2.53. The van der Waals surface area contributed by atoms with Crippen molar-refractivity contribution in [3.05, 3.63) is 34.0 Å². The van der Waals surface area contributed by atoms with Crippen LogP contribution in [0.25, 0.3) is 10.9 Å². The van der Waals surface area contributed by atoms with Crippen LogP contribution in [-0.4, -0.2) is 51.6 Å². The van der Waals surface area contributed by atoms with Gasteiger partial charge >= 0.3 is 5.97 Å². The van der Waals surface area contributed by atoms with Crippen LogP contribution in [0.4, 0.5) is 0 Å². The summed E-state index contributed by atoms with van der Waals surface area (Å²) < 4.78 is 16.6. The predicted octanol–water partition coefficient (Wildman–Crippen LogP) is 1.85. The lowest BCUT2D eigenvalue weighted by molar-refractivity contribution is -0.165. The zero-order valence-electron chi connectivity index (χ0n) is 17.8. The number of nitrogens with two attached hydrogens (primary N) is 1. The number of rotatable bonds is 1. The van der Waals surface area contributed by atoms with E-state index >= 15 is 0 Å². The van der Waals surface area contributed by atoms with Crippen molar-refractivity contribution in [2.75, 3.05) is 19.2 Å². The van der Waals surface area contributed by atoms with Crippen LogP contribution < -0.4 is 15.2 Å². The van der Waals surface area contributed by atoms with Crippen LogP contribution in [0.5, 0.6) is 11.5 Å². The van der Waals surface area contributed by atoms with Gasteiger partial charge in [0.05, 0.1) is 27.7 Å². The van der Waals surface area contributed by atoms with E-state index in [1.807, 2.05) is 6.07 Å². The first-order chi connectivity index (χ1) is 15.9. The first kappa shape index (κ1) is 19.6. The van der Waals surface area contributed by atoms with Crippen molar-refractivity contribution in [2.45, 2.75) is 48.9 Å². The molecular formula is C23H21N3O6S. The minimum absolute atomic E-state index is 0.112. The number of nitrogens with zero attached hydrogens (tertiary/aromatic N) is 2. The summed E-state index contributed by atoms with van der Waals surface area (Å²) in [6.45, 7) is 2.17. The monoisotopic (exact) mass is 467 g/mol. The fourth-order valence-corrected chi connectivity index (χ4v) is 7.01. The third kappa shape index (κ3) is 2.33. The largest absolute Gasteiger partial charge is 0.458 e. The number of pyridine rings is 1. The Bertz CT molecular complexity index is 1340. The lowest BCUT2D eigenvalue weighted by atomic mass is 9.79. The van der Waals surface area contributed by atoms with E-state index < -0.39 is 11.6 Å². The summed E-state index contributed by atoms with van der Waals surface area (Å²) in [5.74, 6) is 1.16. The zero-order chi connectivity index (χ0) is 22.6. The summed E-state index contributed by atoms with van der Waals surface area (Å²) in [6.07, 6.45) is 0.482. The van der Waals surface area contributed by atoms with E-state index in [2.05, 4.69) is 0 Å². The van der Waals surface area contributed by atoms with Crippen molar-refractivity contribution in [1.29, 1.82) is 0 Å². The summed E-state index contributed by atoms with van der Waals surface area (Å²) in [7, 11) is 0. The maximum atomic E-state index is 13.5. The molecule has 3 N–H and O–H groups in total. The van der Waals surface area contributed by atoms with Gasteiger partial charge in [0.2, 0.25) is 6.79 Å². The molecule has 0 aliphatic carbocycles. The first-order valence-corrected chi connectivity index (χ1v) is 12.0. The number of thioether (sulfide) groups is 1. The van der Waals surface area contributed by atoms with Crippen LogP contribution >= 0.6 is 11.8 Å². The van der Waals surface area contributed by atoms with E-state index in [-0.39, 0.29) is 37.8 Å². The highest BCUT2D eigenvalue weighted by molar-refractivity contribution is 7.99. The normalized spacial score (nSPS) is 29.2. The Morgan fingerprint density at radius 2 is 2.18 bits per heavy atom. The van der Waals surface area contributed by atoms with E-state index in [9.17, 15) is 14.7 Å². The molecule has 1 unspecified atom stereocenters. The number of aromatic nitrogens is 1. The highest BCUT2D eigenvalue weighted by atomic mass is 32.2. The van der Waals surface area contributed by atoms with Crippen LogP contribution in [0.2, 0.25) is 0 Å². The van der Waals surface area contributed by atoms with E-state index in [0.29, 0.717) is 35.6 Å². The number of cyclic esters (lactones) is 1. The second-order valence-corrected chi connectivity index (χ2v) is 10.1. The minimum atomic E-state index is -1.78. The summed E-state index contributed by atoms with van der Waals surface area (Å²) in [5, 5.41) is 12.1. The maximum Gasteiger partial charge on any atom is 0.342 e. The molecule has 2 aromatic rings. The molecule has 0 saturated heterocycles. The van der Waals surface area contributed by atoms with Gasteiger partial charge in [-0.25, -0.2) is 4.79 Å². The fraction of sp³-hybridized carbons (Fsp3) is 0.435. The van der Waals surface area contributed by atoms with E-state index in [1.54, 1.807) is 23.6 Å². The number of hydrogen-bond donors (Lipinski definition) is 2. The standard InChI is InChI=1S/C23H21N3O6S/c1-2-23(29)11-3-14-18-9(5-26(14)21(27)10(11)6-30-22(23)28)16-12(24)7-33-20-17(16)13(25-18)4-15-19(20)32-8-31-15/h4,12,14,29H,2-3,5-8,24H2,1H3/t12-,14?,23+/m1/s1. The van der Waals surface area contributed by atoms with Gasteiger partial charge in [0.15, 0.2) is 17.1 Å². The fourth-order valence-electron chi connectivity index (χ4n) is 5.85. The van der Waals surface area contributed by atoms with Gasteiger partial charge in [0.1, 0.15) is 6.61 Å². The smallest absolute Gasteiger partial charge is 0.342 e.